The van der Waals surface area contributed by atoms with Gasteiger partial charge in [-0.25, -0.2) is 0 Å². The quantitative estimate of drug-likeness (QED) is 0.406. The normalized spacial score (nSPS) is 29.3. The van der Waals surface area contributed by atoms with Gasteiger partial charge >= 0.3 is 0 Å². The Kier molecular flexibility index (Phi) is 4.65. The largest absolute Gasteiger partial charge is 0.324 e. The monoisotopic (exact) mass is 403 g/mol. The highest BCUT2D eigenvalue weighted by molar-refractivity contribution is 5.98. The van der Waals surface area contributed by atoms with E-state index in [0.717, 1.165) is 19.3 Å². The highest BCUT2D eigenvalue weighted by Gasteiger charge is 2.54. The van der Waals surface area contributed by atoms with Crippen LogP contribution in [0.1, 0.15) is 44.1 Å². The number of hydrogen-bond donors (Lipinski definition) is 1. The molecule has 1 amide bonds. The molecule has 0 unspecified atom stereocenters. The molecular weight excluding hydrogens is 378 g/mol. The second kappa shape index (κ2) is 7.35. The average Bonchev–Trinajstić information content (AvgIpc) is 2.72. The van der Waals surface area contributed by atoms with Gasteiger partial charge in [0.05, 0.1) is 21.7 Å². The molecule has 0 atom stereocenters. The lowest BCUT2D eigenvalue weighted by Gasteiger charge is -2.55. The van der Waals surface area contributed by atoms with Crippen LogP contribution >= 0.6 is 0 Å². The molecule has 6 rings (SSSR count). The molecule has 0 heterocycles. The lowest BCUT2D eigenvalue weighted by Crippen LogP contribution is -2.51. The van der Waals surface area contributed by atoms with Crippen LogP contribution in [0, 0.1) is 33.3 Å². The van der Waals surface area contributed by atoms with Crippen molar-refractivity contribution < 1.29 is 9.72 Å². The zero-order chi connectivity index (χ0) is 20.7. The summed E-state index contributed by atoms with van der Waals surface area (Å²) in [4.78, 5) is 28.4. The molecule has 4 fully saturated rings. The van der Waals surface area contributed by atoms with E-state index in [4.69, 9.17) is 0 Å². The smallest absolute Gasteiger partial charge is 0.270 e. The molecule has 0 aromatic heterocycles. The summed E-state index contributed by atoms with van der Waals surface area (Å²) in [5.74, 6) is 2.28. The fourth-order valence-corrected chi connectivity index (χ4v) is 6.20. The summed E-state index contributed by atoms with van der Waals surface area (Å²) in [5.41, 5.74) is 1.81. The molecule has 0 saturated heterocycles. The molecule has 30 heavy (non-hydrogen) atoms. The second-order valence-corrected chi connectivity index (χ2v) is 9.28. The predicted molar refractivity (Wildman–Crippen MR) is 116 cm³/mol. The van der Waals surface area contributed by atoms with Crippen molar-refractivity contribution in [3.05, 3.63) is 64.2 Å². The Labute approximate surface area is 175 Å². The van der Waals surface area contributed by atoms with Crippen LogP contribution in [0.4, 0.5) is 17.1 Å². The van der Waals surface area contributed by atoms with E-state index in [0.29, 0.717) is 34.7 Å². The number of amides is 1. The zero-order valence-electron chi connectivity index (χ0n) is 16.8. The maximum absolute atomic E-state index is 13.4. The number of nitro groups is 1. The van der Waals surface area contributed by atoms with Gasteiger partial charge in [0, 0.05) is 18.3 Å². The molecule has 6 nitrogen and oxygen atoms in total. The summed E-state index contributed by atoms with van der Waals surface area (Å²) < 4.78 is 0. The summed E-state index contributed by atoms with van der Waals surface area (Å²) in [5, 5.41) is 14.2. The fraction of sp³-hybridized carbons (Fsp3) is 0.417. The zero-order valence-corrected chi connectivity index (χ0v) is 16.8. The average molecular weight is 403 g/mol. The molecular formula is C24H25N3O3. The Hall–Kier alpha value is -3.02. The molecule has 0 spiro atoms. The third-order valence-electron chi connectivity index (χ3n) is 7.11. The Balaban J connectivity index is 1.36. The van der Waals surface area contributed by atoms with Crippen molar-refractivity contribution >= 4 is 29.2 Å². The van der Waals surface area contributed by atoms with Gasteiger partial charge in [-0.1, -0.05) is 24.3 Å². The second-order valence-electron chi connectivity index (χ2n) is 9.28. The van der Waals surface area contributed by atoms with E-state index in [1.54, 1.807) is 18.3 Å². The van der Waals surface area contributed by atoms with Crippen LogP contribution in [0.25, 0.3) is 0 Å². The Morgan fingerprint density at radius 3 is 2.37 bits per heavy atom. The van der Waals surface area contributed by atoms with Crippen LogP contribution in [0.15, 0.2) is 53.5 Å². The lowest BCUT2D eigenvalue weighted by atomic mass is 9.49. The number of hydrogen-bond acceptors (Lipinski definition) is 4. The van der Waals surface area contributed by atoms with Gasteiger partial charge in [0.15, 0.2) is 0 Å². The van der Waals surface area contributed by atoms with E-state index < -0.39 is 4.92 Å². The van der Waals surface area contributed by atoms with Gasteiger partial charge in [-0.3, -0.25) is 19.9 Å². The highest BCUT2D eigenvalue weighted by atomic mass is 16.6. The maximum atomic E-state index is 13.4. The number of nitro benzene ring substituents is 1. The molecule has 4 saturated carbocycles. The van der Waals surface area contributed by atoms with Crippen LogP contribution < -0.4 is 5.32 Å². The molecule has 6 heteroatoms. The van der Waals surface area contributed by atoms with E-state index in [1.165, 1.54) is 31.4 Å². The molecule has 2 aromatic rings. The van der Waals surface area contributed by atoms with Gasteiger partial charge in [0.25, 0.3) is 5.69 Å². The molecule has 4 aliphatic rings. The lowest BCUT2D eigenvalue weighted by molar-refractivity contribution is -0.384. The topological polar surface area (TPSA) is 84.6 Å². The van der Waals surface area contributed by atoms with Crippen molar-refractivity contribution in [1.82, 2.24) is 0 Å². The van der Waals surface area contributed by atoms with Crippen LogP contribution in [-0.4, -0.2) is 17.0 Å². The number of nitrogens with zero attached hydrogens (tertiary/aromatic N) is 2. The molecule has 2 aromatic carbocycles. The van der Waals surface area contributed by atoms with E-state index in [1.807, 2.05) is 24.3 Å². The van der Waals surface area contributed by atoms with Crippen LogP contribution in [0.2, 0.25) is 0 Å². The van der Waals surface area contributed by atoms with Crippen molar-refractivity contribution in [2.75, 3.05) is 5.32 Å². The van der Waals surface area contributed by atoms with Gasteiger partial charge < -0.3 is 5.32 Å². The van der Waals surface area contributed by atoms with Gasteiger partial charge in [-0.2, -0.15) is 0 Å². The van der Waals surface area contributed by atoms with E-state index >= 15 is 0 Å². The standard InChI is InChI=1S/C24H25N3O3/c28-23(24-12-17-8-18(13-24)10-19(9-17)14-24)26-22-7-2-1-6-21(22)25-15-16-4-3-5-20(11-16)27(29)30/h1-7,11,15,17-19H,8-10,12-14H2,(H,26,28). The predicted octanol–water partition coefficient (Wildman–Crippen LogP) is 5.50. The SMILES string of the molecule is O=C(Nc1ccccc1N=Cc1cccc([N+](=O)[O-])c1)C12CC3CC(CC(C3)C1)C2. The van der Waals surface area contributed by atoms with Crippen LogP contribution in [0.3, 0.4) is 0 Å². The third-order valence-corrected chi connectivity index (χ3v) is 7.11. The van der Waals surface area contributed by atoms with Crippen molar-refractivity contribution in [1.29, 1.82) is 0 Å². The minimum atomic E-state index is -0.420. The minimum absolute atomic E-state index is 0.0300. The number of carbonyl (C=O) groups is 1. The maximum Gasteiger partial charge on any atom is 0.270 e. The first-order valence-electron chi connectivity index (χ1n) is 10.7. The first kappa shape index (κ1) is 19.0. The molecule has 4 bridgehead atoms. The van der Waals surface area contributed by atoms with Crippen LogP contribution in [0.5, 0.6) is 0 Å². The summed E-state index contributed by atoms with van der Waals surface area (Å²) in [6.07, 6.45) is 8.56. The van der Waals surface area contributed by atoms with E-state index in [-0.39, 0.29) is 17.0 Å². The number of nitrogens with one attached hydrogen (secondary N) is 1. The van der Waals surface area contributed by atoms with Crippen molar-refractivity contribution in [2.24, 2.45) is 28.2 Å². The Morgan fingerprint density at radius 2 is 1.70 bits per heavy atom. The van der Waals surface area contributed by atoms with Crippen molar-refractivity contribution in [3.8, 4) is 0 Å². The number of non-ortho nitro benzene ring substituents is 1. The van der Waals surface area contributed by atoms with Gasteiger partial charge in [0.2, 0.25) is 5.91 Å². The van der Waals surface area contributed by atoms with Crippen molar-refractivity contribution in [2.45, 2.75) is 38.5 Å². The van der Waals surface area contributed by atoms with E-state index in [9.17, 15) is 14.9 Å². The molecule has 1 N–H and O–H groups in total. The molecule has 0 radical (unpaired) electrons. The number of rotatable bonds is 5. The van der Waals surface area contributed by atoms with Gasteiger partial charge in [-0.15, -0.1) is 0 Å². The number of carbonyl (C=O) groups excluding carboxylic acids is 1. The summed E-state index contributed by atoms with van der Waals surface area (Å²) >= 11 is 0. The van der Waals surface area contributed by atoms with Gasteiger partial charge in [-0.05, 0) is 74.0 Å². The van der Waals surface area contributed by atoms with E-state index in [2.05, 4.69) is 10.3 Å². The number of aliphatic imine (C=N–C) groups is 1. The molecule has 0 aliphatic heterocycles. The van der Waals surface area contributed by atoms with Gasteiger partial charge in [0.1, 0.15) is 0 Å². The highest BCUT2D eigenvalue weighted by Crippen LogP contribution is 2.60. The first-order valence-corrected chi connectivity index (χ1v) is 10.7. The van der Waals surface area contributed by atoms with Crippen molar-refractivity contribution in [3.63, 3.8) is 0 Å². The Bertz CT molecular complexity index is 995. The summed E-state index contributed by atoms with van der Waals surface area (Å²) in [6.45, 7) is 0. The number of benzene rings is 2. The molecule has 4 aliphatic carbocycles. The van der Waals surface area contributed by atoms with Crippen LogP contribution in [-0.2, 0) is 4.79 Å². The summed E-state index contributed by atoms with van der Waals surface area (Å²) in [7, 11) is 0. The molecule has 154 valence electrons. The fourth-order valence-electron chi connectivity index (χ4n) is 6.20. The number of para-hydroxylation sites is 2. The first-order chi connectivity index (χ1) is 14.5. The third kappa shape index (κ3) is 3.51. The minimum Gasteiger partial charge on any atom is -0.324 e. The Morgan fingerprint density at radius 1 is 1.03 bits per heavy atom. The number of anilines is 1. The summed E-state index contributed by atoms with van der Waals surface area (Å²) in [6, 6.07) is 13.8.